The second-order valence-electron chi connectivity index (χ2n) is 15.3. The molecular weight excluding hydrogens is 633 g/mol. The van der Waals surface area contributed by atoms with Gasteiger partial charge in [-0.25, -0.2) is 0 Å². The average Bonchev–Trinajstić information content (AvgIpc) is 3.67. The topological polar surface area (TPSA) is 41.0 Å². The summed E-state index contributed by atoms with van der Waals surface area (Å²) in [5, 5.41) is 14.4. The van der Waals surface area contributed by atoms with Crippen LogP contribution in [-0.4, -0.2) is 4.57 Å². The van der Waals surface area contributed by atoms with Gasteiger partial charge in [0.1, 0.15) is 0 Å². The van der Waals surface area contributed by atoms with Gasteiger partial charge in [0.25, 0.3) is 0 Å². The van der Waals surface area contributed by atoms with Gasteiger partial charge < -0.3 is 4.57 Å². The van der Waals surface area contributed by atoms with E-state index in [1.54, 1.807) is 0 Å². The molecule has 3 unspecified atom stereocenters. The van der Waals surface area contributed by atoms with Crippen LogP contribution in [0.2, 0.25) is 0 Å². The first-order valence-electron chi connectivity index (χ1n) is 18.9. The number of allylic oxidation sites excluding steroid dienone is 8. The molecular formula is C48H44N4. The lowest BCUT2D eigenvalue weighted by atomic mass is 9.79. The minimum atomic E-state index is -0.0864. The van der Waals surface area contributed by atoms with E-state index in [1.165, 1.54) is 77.6 Å². The Balaban J connectivity index is 1.08. The van der Waals surface area contributed by atoms with Crippen LogP contribution in [0.15, 0.2) is 151 Å². The Morgan fingerprint density at radius 2 is 1.35 bits per heavy atom. The van der Waals surface area contributed by atoms with Gasteiger partial charge in [0, 0.05) is 21.9 Å². The molecule has 6 aromatic rings. The second kappa shape index (κ2) is 12.5. The number of aromatic nitrogens is 1. The van der Waals surface area contributed by atoms with E-state index in [-0.39, 0.29) is 23.9 Å². The lowest BCUT2D eigenvalue weighted by molar-refractivity contribution is 0.203. The van der Waals surface area contributed by atoms with Gasteiger partial charge in [0.05, 0.1) is 29.5 Å². The number of rotatable bonds is 5. The monoisotopic (exact) mass is 676 g/mol. The van der Waals surface area contributed by atoms with Crippen LogP contribution in [0, 0.1) is 0 Å². The Kier molecular flexibility index (Phi) is 7.54. The Bertz CT molecular complexity index is 2470. The fourth-order valence-corrected chi connectivity index (χ4v) is 9.32. The highest BCUT2D eigenvalue weighted by Gasteiger charge is 2.40. The summed E-state index contributed by atoms with van der Waals surface area (Å²) in [4.78, 5) is 0. The Labute approximate surface area is 306 Å². The average molecular weight is 677 g/mol. The minimum absolute atomic E-state index is 0.0327. The van der Waals surface area contributed by atoms with E-state index in [4.69, 9.17) is 0 Å². The molecule has 52 heavy (non-hydrogen) atoms. The summed E-state index contributed by atoms with van der Waals surface area (Å²) in [6.07, 6.45) is 15.7. The fourth-order valence-electron chi connectivity index (χ4n) is 9.32. The van der Waals surface area contributed by atoms with Crippen LogP contribution in [0.25, 0.3) is 38.6 Å². The van der Waals surface area contributed by atoms with E-state index in [1.807, 2.05) is 0 Å². The molecule has 4 heteroatoms. The molecule has 1 aliphatic heterocycles. The highest BCUT2D eigenvalue weighted by Crippen LogP contribution is 2.53. The Morgan fingerprint density at radius 3 is 2.13 bits per heavy atom. The minimum Gasteiger partial charge on any atom is -0.309 e. The zero-order valence-electron chi connectivity index (χ0n) is 29.9. The summed E-state index contributed by atoms with van der Waals surface area (Å²) in [6.45, 7) is 4.84. The van der Waals surface area contributed by atoms with Crippen molar-refractivity contribution in [3.8, 4) is 5.69 Å². The summed E-state index contributed by atoms with van der Waals surface area (Å²) in [5.41, 5.74) is 15.9. The van der Waals surface area contributed by atoms with Crippen LogP contribution in [0.1, 0.15) is 91.4 Å². The maximum absolute atomic E-state index is 3.95. The van der Waals surface area contributed by atoms with Crippen molar-refractivity contribution in [3.63, 3.8) is 0 Å². The Morgan fingerprint density at radius 1 is 0.635 bits per heavy atom. The maximum atomic E-state index is 3.95. The van der Waals surface area contributed by atoms with Crippen molar-refractivity contribution >= 4 is 33.0 Å². The molecule has 4 nitrogen and oxygen atoms in total. The lowest BCUT2D eigenvalue weighted by Crippen LogP contribution is -2.54. The molecule has 0 spiro atoms. The van der Waals surface area contributed by atoms with Crippen LogP contribution in [0.5, 0.6) is 0 Å². The SMILES string of the molecule is CC1(C)C2=C(CCC=C2)c2ccc3c4ccccc4n(-c4cccc(C5NC(c6ccccc6)NC(c6ccc(C7=CC=CCC7)cc6)N5)c4)c3c21. The first-order chi connectivity index (χ1) is 25.5. The van der Waals surface area contributed by atoms with Crippen molar-refractivity contribution in [1.29, 1.82) is 0 Å². The molecule has 5 aromatic carbocycles. The van der Waals surface area contributed by atoms with Crippen molar-refractivity contribution in [2.75, 3.05) is 0 Å². The highest BCUT2D eigenvalue weighted by molar-refractivity contribution is 6.12. The molecule has 0 amide bonds. The van der Waals surface area contributed by atoms with Crippen LogP contribution in [0.4, 0.5) is 0 Å². The van der Waals surface area contributed by atoms with E-state index < -0.39 is 0 Å². The first-order valence-corrected chi connectivity index (χ1v) is 18.9. The summed E-state index contributed by atoms with van der Waals surface area (Å²) in [7, 11) is 0. The van der Waals surface area contributed by atoms with Crippen molar-refractivity contribution in [2.45, 2.75) is 63.4 Å². The summed E-state index contributed by atoms with van der Waals surface area (Å²) in [6, 6.07) is 42.7. The predicted molar refractivity (Wildman–Crippen MR) is 216 cm³/mol. The number of fused-ring (bicyclic) bond motifs is 6. The lowest BCUT2D eigenvalue weighted by Gasteiger charge is -2.39. The highest BCUT2D eigenvalue weighted by atomic mass is 15.4. The van der Waals surface area contributed by atoms with Crippen molar-refractivity contribution in [1.82, 2.24) is 20.5 Å². The molecule has 4 aliphatic rings. The van der Waals surface area contributed by atoms with E-state index >= 15 is 0 Å². The Hall–Kier alpha value is -5.26. The van der Waals surface area contributed by atoms with Gasteiger partial charge in [-0.2, -0.15) is 0 Å². The standard InChI is InChI=1S/C48H44N4/c1-48(2)41-22-11-9-20-37(41)39-28-29-40-38-21-10-12-23-42(38)52(44(40)43(39)48)36-19-13-18-35(30-36)47-50-45(33-16-7-4-8-17-33)49-46(51-47)34-26-24-32(25-27-34)31-14-5-3-6-15-31/h3-5,7-8,10-14,16-19,21-30,45-47,49-51H,6,9,15,20H2,1-2H3. The predicted octanol–water partition coefficient (Wildman–Crippen LogP) is 11.1. The van der Waals surface area contributed by atoms with Gasteiger partial charge in [-0.1, -0.05) is 141 Å². The molecule has 1 saturated heterocycles. The summed E-state index contributed by atoms with van der Waals surface area (Å²) < 4.78 is 2.54. The van der Waals surface area contributed by atoms with Crippen LogP contribution in [-0.2, 0) is 5.41 Å². The molecule has 0 bridgehead atoms. The number of nitrogens with zero attached hydrogens (tertiary/aromatic N) is 1. The molecule has 3 N–H and O–H groups in total. The first kappa shape index (κ1) is 31.5. The van der Waals surface area contributed by atoms with Crippen LogP contribution in [0.3, 0.4) is 0 Å². The number of nitrogens with one attached hydrogen (secondary N) is 3. The third-order valence-electron chi connectivity index (χ3n) is 11.9. The number of benzene rings is 5. The van der Waals surface area contributed by atoms with E-state index in [0.29, 0.717) is 0 Å². The summed E-state index contributed by atoms with van der Waals surface area (Å²) >= 11 is 0. The van der Waals surface area contributed by atoms with E-state index in [9.17, 15) is 0 Å². The van der Waals surface area contributed by atoms with Gasteiger partial charge in [-0.3, -0.25) is 16.0 Å². The quantitative estimate of drug-likeness (QED) is 0.170. The second-order valence-corrected chi connectivity index (χ2v) is 15.3. The molecule has 3 aliphatic carbocycles. The van der Waals surface area contributed by atoms with Gasteiger partial charge in [-0.05, 0) is 94.0 Å². The zero-order chi connectivity index (χ0) is 34.8. The van der Waals surface area contributed by atoms with Crippen molar-refractivity contribution in [3.05, 3.63) is 185 Å². The summed E-state index contributed by atoms with van der Waals surface area (Å²) in [5.74, 6) is 0. The molecule has 3 atom stereocenters. The van der Waals surface area contributed by atoms with Gasteiger partial charge in [0.2, 0.25) is 0 Å². The number of para-hydroxylation sites is 1. The van der Waals surface area contributed by atoms with Gasteiger partial charge in [0.15, 0.2) is 0 Å². The molecule has 0 radical (unpaired) electrons. The molecule has 2 heterocycles. The zero-order valence-corrected chi connectivity index (χ0v) is 29.9. The molecule has 1 fully saturated rings. The third kappa shape index (κ3) is 5.09. The number of hydrogen-bond donors (Lipinski definition) is 3. The van der Waals surface area contributed by atoms with Crippen molar-refractivity contribution in [2.24, 2.45) is 0 Å². The fraction of sp³-hybridized carbons (Fsp3) is 0.208. The smallest absolute Gasteiger partial charge is 0.0865 e. The van der Waals surface area contributed by atoms with E-state index in [2.05, 4.69) is 180 Å². The number of hydrogen-bond acceptors (Lipinski definition) is 3. The largest absolute Gasteiger partial charge is 0.309 e. The van der Waals surface area contributed by atoms with Gasteiger partial charge in [-0.15, -0.1) is 0 Å². The third-order valence-corrected chi connectivity index (χ3v) is 11.9. The molecule has 1 aromatic heterocycles. The van der Waals surface area contributed by atoms with Gasteiger partial charge >= 0.3 is 0 Å². The van der Waals surface area contributed by atoms with Crippen LogP contribution >= 0.6 is 0 Å². The normalized spacial score (nSPS) is 22.1. The molecule has 256 valence electrons. The van der Waals surface area contributed by atoms with Crippen molar-refractivity contribution < 1.29 is 0 Å². The molecule has 10 rings (SSSR count). The van der Waals surface area contributed by atoms with Crippen LogP contribution < -0.4 is 16.0 Å². The maximum Gasteiger partial charge on any atom is 0.0865 e. The molecule has 0 saturated carbocycles. The van der Waals surface area contributed by atoms with E-state index in [0.717, 1.165) is 25.7 Å².